The molecule has 3 atom stereocenters. The number of fused-ring (bicyclic) bond motifs is 2. The average molecular weight is 486 g/mol. The Kier molecular flexibility index (Phi) is 7.42. The molecular formula is C20H35IN6. The van der Waals surface area contributed by atoms with Gasteiger partial charge in [-0.05, 0) is 50.5 Å². The Hall–Kier alpha value is -0.830. The van der Waals surface area contributed by atoms with Gasteiger partial charge in [0.05, 0.1) is 19.3 Å². The van der Waals surface area contributed by atoms with Crippen LogP contribution in [0.3, 0.4) is 0 Å². The van der Waals surface area contributed by atoms with Crippen molar-refractivity contribution in [3.8, 4) is 0 Å². The standard InChI is InChI=1S/C20H34N6.HI/c1-3-21-20(22-6-7-26-15-16(2)14-23-26)25-10-8-24(9-11-25)19-13-17-4-5-18(19)12-17;/h14-15,17-19H,3-13H2,1-2H3,(H,21,22);1H. The smallest absolute Gasteiger partial charge is 0.194 e. The second kappa shape index (κ2) is 9.58. The fourth-order valence-electron chi connectivity index (χ4n) is 5.20. The zero-order chi connectivity index (χ0) is 17.9. The predicted octanol–water partition coefficient (Wildman–Crippen LogP) is 2.58. The first-order chi connectivity index (χ1) is 12.7. The summed E-state index contributed by atoms with van der Waals surface area (Å²) in [7, 11) is 0. The molecule has 0 spiro atoms. The Bertz CT molecular complexity index is 622. The van der Waals surface area contributed by atoms with Crippen LogP contribution >= 0.6 is 24.0 Å². The molecule has 152 valence electrons. The van der Waals surface area contributed by atoms with E-state index in [1.165, 1.54) is 44.3 Å². The average Bonchev–Trinajstić information content (AvgIpc) is 3.38. The summed E-state index contributed by atoms with van der Waals surface area (Å²) in [6.07, 6.45) is 9.92. The molecule has 0 amide bonds. The van der Waals surface area contributed by atoms with Gasteiger partial charge in [0.2, 0.25) is 0 Å². The quantitative estimate of drug-likeness (QED) is 0.395. The summed E-state index contributed by atoms with van der Waals surface area (Å²) in [5, 5.41) is 7.83. The topological polar surface area (TPSA) is 48.7 Å². The monoisotopic (exact) mass is 486 g/mol. The molecule has 3 fully saturated rings. The molecule has 2 bridgehead atoms. The number of piperazine rings is 1. The first kappa shape index (κ1) is 20.9. The summed E-state index contributed by atoms with van der Waals surface area (Å²) in [5.41, 5.74) is 1.21. The van der Waals surface area contributed by atoms with Crippen molar-refractivity contribution in [2.45, 2.75) is 52.1 Å². The minimum absolute atomic E-state index is 0. The van der Waals surface area contributed by atoms with Crippen LogP contribution in [0.15, 0.2) is 17.4 Å². The van der Waals surface area contributed by atoms with E-state index in [1.54, 1.807) is 0 Å². The van der Waals surface area contributed by atoms with Gasteiger partial charge in [-0.1, -0.05) is 6.42 Å². The molecule has 2 heterocycles. The summed E-state index contributed by atoms with van der Waals surface area (Å²) >= 11 is 0. The molecule has 27 heavy (non-hydrogen) atoms. The molecule has 1 aliphatic heterocycles. The molecule has 0 radical (unpaired) electrons. The van der Waals surface area contributed by atoms with E-state index in [4.69, 9.17) is 4.99 Å². The summed E-state index contributed by atoms with van der Waals surface area (Å²) in [6.45, 7) is 11.3. The molecule has 3 aliphatic rings. The van der Waals surface area contributed by atoms with Crippen LogP contribution in [0.4, 0.5) is 0 Å². The maximum atomic E-state index is 4.85. The number of nitrogens with one attached hydrogen (secondary N) is 1. The van der Waals surface area contributed by atoms with Gasteiger partial charge < -0.3 is 10.2 Å². The Balaban J connectivity index is 0.00000210. The summed E-state index contributed by atoms with van der Waals surface area (Å²) in [4.78, 5) is 10.1. The van der Waals surface area contributed by atoms with Crippen LogP contribution in [0.2, 0.25) is 0 Å². The van der Waals surface area contributed by atoms with Crippen molar-refractivity contribution < 1.29 is 0 Å². The Labute approximate surface area is 180 Å². The van der Waals surface area contributed by atoms with Gasteiger partial charge in [0, 0.05) is 45.0 Å². The van der Waals surface area contributed by atoms with Crippen molar-refractivity contribution in [1.29, 1.82) is 0 Å². The molecule has 1 aromatic rings. The molecule has 7 heteroatoms. The van der Waals surface area contributed by atoms with Crippen molar-refractivity contribution in [3.05, 3.63) is 18.0 Å². The molecule has 0 aromatic carbocycles. The zero-order valence-electron chi connectivity index (χ0n) is 16.8. The number of halogens is 1. The van der Waals surface area contributed by atoms with E-state index >= 15 is 0 Å². The number of hydrogen-bond acceptors (Lipinski definition) is 3. The van der Waals surface area contributed by atoms with Crippen LogP contribution in [-0.2, 0) is 6.54 Å². The molecule has 1 saturated heterocycles. The van der Waals surface area contributed by atoms with Crippen LogP contribution in [0, 0.1) is 18.8 Å². The number of aromatic nitrogens is 2. The number of hydrogen-bond donors (Lipinski definition) is 1. The summed E-state index contributed by atoms with van der Waals surface area (Å²) in [5.74, 6) is 3.10. The Morgan fingerprint density at radius 3 is 2.63 bits per heavy atom. The van der Waals surface area contributed by atoms with Gasteiger partial charge in [-0.15, -0.1) is 24.0 Å². The Morgan fingerprint density at radius 2 is 2.04 bits per heavy atom. The molecule has 2 aliphatic carbocycles. The minimum atomic E-state index is 0. The number of nitrogens with zero attached hydrogens (tertiary/aromatic N) is 5. The molecule has 2 saturated carbocycles. The highest BCUT2D eigenvalue weighted by molar-refractivity contribution is 14.0. The maximum Gasteiger partial charge on any atom is 0.194 e. The minimum Gasteiger partial charge on any atom is -0.357 e. The molecular weight excluding hydrogens is 451 g/mol. The highest BCUT2D eigenvalue weighted by Gasteiger charge is 2.42. The zero-order valence-corrected chi connectivity index (χ0v) is 19.1. The second-order valence-corrected chi connectivity index (χ2v) is 8.28. The van der Waals surface area contributed by atoms with Gasteiger partial charge in [-0.3, -0.25) is 14.6 Å². The predicted molar refractivity (Wildman–Crippen MR) is 121 cm³/mol. The van der Waals surface area contributed by atoms with E-state index in [0.717, 1.165) is 56.6 Å². The highest BCUT2D eigenvalue weighted by atomic mass is 127. The first-order valence-electron chi connectivity index (χ1n) is 10.5. The normalized spacial score (nSPS) is 28.4. The van der Waals surface area contributed by atoms with E-state index in [9.17, 15) is 0 Å². The van der Waals surface area contributed by atoms with Gasteiger partial charge in [-0.25, -0.2) is 0 Å². The van der Waals surface area contributed by atoms with E-state index in [2.05, 4.69) is 40.3 Å². The van der Waals surface area contributed by atoms with Crippen LogP contribution in [-0.4, -0.2) is 70.9 Å². The number of guanidine groups is 1. The molecule has 1 N–H and O–H groups in total. The van der Waals surface area contributed by atoms with E-state index < -0.39 is 0 Å². The fourth-order valence-corrected chi connectivity index (χ4v) is 5.20. The number of aryl methyl sites for hydroxylation is 1. The molecule has 3 unspecified atom stereocenters. The van der Waals surface area contributed by atoms with Crippen LogP contribution < -0.4 is 5.32 Å². The Morgan fingerprint density at radius 1 is 1.22 bits per heavy atom. The largest absolute Gasteiger partial charge is 0.357 e. The third kappa shape index (κ3) is 4.96. The highest BCUT2D eigenvalue weighted by Crippen LogP contribution is 2.46. The van der Waals surface area contributed by atoms with Gasteiger partial charge in [0.1, 0.15) is 0 Å². The lowest BCUT2D eigenvalue weighted by Gasteiger charge is -2.42. The SMILES string of the molecule is CCNC(=NCCn1cc(C)cn1)N1CCN(C2CC3CCC2C3)CC1.I. The van der Waals surface area contributed by atoms with E-state index in [1.807, 2.05) is 10.9 Å². The maximum absolute atomic E-state index is 4.85. The number of rotatable bonds is 5. The second-order valence-electron chi connectivity index (χ2n) is 8.28. The number of aliphatic imine (C=N–C) groups is 1. The molecule has 6 nitrogen and oxygen atoms in total. The van der Waals surface area contributed by atoms with Crippen LogP contribution in [0.1, 0.15) is 38.2 Å². The third-order valence-corrected chi connectivity index (χ3v) is 6.47. The first-order valence-corrected chi connectivity index (χ1v) is 10.5. The summed E-state index contributed by atoms with van der Waals surface area (Å²) < 4.78 is 1.98. The van der Waals surface area contributed by atoms with Crippen LogP contribution in [0.5, 0.6) is 0 Å². The van der Waals surface area contributed by atoms with Crippen LogP contribution in [0.25, 0.3) is 0 Å². The lowest BCUT2D eigenvalue weighted by molar-refractivity contribution is 0.0958. The van der Waals surface area contributed by atoms with E-state index in [0.29, 0.717) is 0 Å². The van der Waals surface area contributed by atoms with Crippen molar-refractivity contribution >= 4 is 29.9 Å². The third-order valence-electron chi connectivity index (χ3n) is 6.47. The van der Waals surface area contributed by atoms with E-state index in [-0.39, 0.29) is 24.0 Å². The van der Waals surface area contributed by atoms with Gasteiger partial charge in [0.15, 0.2) is 5.96 Å². The van der Waals surface area contributed by atoms with Gasteiger partial charge >= 0.3 is 0 Å². The summed E-state index contributed by atoms with van der Waals surface area (Å²) in [6, 6.07) is 0.874. The molecule has 1 aromatic heterocycles. The van der Waals surface area contributed by atoms with Crippen molar-refractivity contribution in [1.82, 2.24) is 24.9 Å². The van der Waals surface area contributed by atoms with Crippen molar-refractivity contribution in [2.24, 2.45) is 16.8 Å². The van der Waals surface area contributed by atoms with Gasteiger partial charge in [-0.2, -0.15) is 5.10 Å². The lowest BCUT2D eigenvalue weighted by atomic mass is 9.93. The lowest BCUT2D eigenvalue weighted by Crippen LogP contribution is -2.55. The van der Waals surface area contributed by atoms with Gasteiger partial charge in [0.25, 0.3) is 0 Å². The fraction of sp³-hybridized carbons (Fsp3) is 0.800. The molecule has 4 rings (SSSR count). The van der Waals surface area contributed by atoms with Crippen molar-refractivity contribution in [2.75, 3.05) is 39.3 Å². The van der Waals surface area contributed by atoms with Crippen molar-refractivity contribution in [3.63, 3.8) is 0 Å².